The van der Waals surface area contributed by atoms with Gasteiger partial charge in [0.2, 0.25) is 5.91 Å². The van der Waals surface area contributed by atoms with Crippen LogP contribution in [0.15, 0.2) is 29.3 Å². The largest absolute Gasteiger partial charge is 0.379 e. The van der Waals surface area contributed by atoms with E-state index in [0.29, 0.717) is 19.5 Å². The minimum atomic E-state index is 0.268. The van der Waals surface area contributed by atoms with Crippen LogP contribution in [-0.2, 0) is 22.6 Å². The highest BCUT2D eigenvalue weighted by Crippen LogP contribution is 2.28. The van der Waals surface area contributed by atoms with Gasteiger partial charge in [-0.15, -0.1) is 0 Å². The number of rotatable bonds is 9. The molecule has 0 bridgehead atoms. The molecule has 148 valence electrons. The van der Waals surface area contributed by atoms with Crippen LogP contribution in [0.1, 0.15) is 36.8 Å². The number of amides is 1. The van der Waals surface area contributed by atoms with Crippen molar-refractivity contribution in [2.24, 2.45) is 10.9 Å². The van der Waals surface area contributed by atoms with Crippen molar-refractivity contribution >= 4 is 11.9 Å². The van der Waals surface area contributed by atoms with Gasteiger partial charge in [0.05, 0.1) is 6.61 Å². The fourth-order valence-corrected chi connectivity index (χ4v) is 3.34. The average molecular weight is 373 g/mol. The molecule has 1 N–H and O–H groups in total. The lowest BCUT2D eigenvalue weighted by molar-refractivity contribution is -0.128. The molecule has 1 amide bonds. The van der Waals surface area contributed by atoms with Gasteiger partial charge in [-0.05, 0) is 36.3 Å². The van der Waals surface area contributed by atoms with E-state index < -0.39 is 0 Å². The summed E-state index contributed by atoms with van der Waals surface area (Å²) in [6.07, 6.45) is 4.31. The Balaban J connectivity index is 1.44. The van der Waals surface area contributed by atoms with E-state index in [1.165, 1.54) is 24.0 Å². The van der Waals surface area contributed by atoms with Gasteiger partial charge < -0.3 is 19.9 Å². The number of likely N-dealkylation sites (tertiary alicyclic amines) is 1. The van der Waals surface area contributed by atoms with Crippen LogP contribution in [0.5, 0.6) is 0 Å². The maximum atomic E-state index is 11.8. The number of hydrogen-bond donors (Lipinski definition) is 1. The second-order valence-corrected chi connectivity index (χ2v) is 7.58. The average Bonchev–Trinajstić information content (AvgIpc) is 3.41. The molecule has 27 heavy (non-hydrogen) atoms. The lowest BCUT2D eigenvalue weighted by Crippen LogP contribution is -2.40. The Kier molecular flexibility index (Phi) is 7.10. The second-order valence-electron chi connectivity index (χ2n) is 7.58. The van der Waals surface area contributed by atoms with E-state index in [9.17, 15) is 4.79 Å². The third-order valence-corrected chi connectivity index (χ3v) is 5.18. The van der Waals surface area contributed by atoms with E-state index in [0.717, 1.165) is 44.6 Å². The molecule has 0 spiro atoms. The zero-order valence-electron chi connectivity index (χ0n) is 16.6. The van der Waals surface area contributed by atoms with Gasteiger partial charge in [-0.2, -0.15) is 0 Å². The first-order chi connectivity index (χ1) is 13.2. The van der Waals surface area contributed by atoms with Crippen LogP contribution < -0.4 is 5.32 Å². The zero-order valence-corrected chi connectivity index (χ0v) is 16.6. The number of carbonyl (C=O) groups is 1. The van der Waals surface area contributed by atoms with Gasteiger partial charge in [-0.1, -0.05) is 24.3 Å². The van der Waals surface area contributed by atoms with Crippen molar-refractivity contribution in [3.63, 3.8) is 0 Å². The van der Waals surface area contributed by atoms with E-state index in [-0.39, 0.29) is 5.91 Å². The summed E-state index contributed by atoms with van der Waals surface area (Å²) in [7, 11) is 3.84. The van der Waals surface area contributed by atoms with Crippen LogP contribution in [0.4, 0.5) is 0 Å². The maximum absolute atomic E-state index is 11.8. The fourth-order valence-electron chi connectivity index (χ4n) is 3.34. The van der Waals surface area contributed by atoms with Gasteiger partial charge in [0.25, 0.3) is 0 Å². The Morgan fingerprint density at radius 1 is 1.37 bits per heavy atom. The summed E-state index contributed by atoms with van der Waals surface area (Å²) in [5.41, 5.74) is 2.38. The number of aliphatic imine (C=N–C) groups is 1. The first kappa shape index (κ1) is 19.7. The summed E-state index contributed by atoms with van der Waals surface area (Å²) < 4.78 is 5.72. The van der Waals surface area contributed by atoms with Crippen LogP contribution >= 0.6 is 0 Å². The van der Waals surface area contributed by atoms with Crippen LogP contribution in [0.25, 0.3) is 0 Å². The molecule has 3 rings (SSSR count). The molecule has 1 aromatic carbocycles. The van der Waals surface area contributed by atoms with Crippen molar-refractivity contribution in [2.75, 3.05) is 40.4 Å². The predicted molar refractivity (Wildman–Crippen MR) is 107 cm³/mol. The van der Waals surface area contributed by atoms with Gasteiger partial charge >= 0.3 is 0 Å². The molecule has 0 aromatic heterocycles. The summed E-state index contributed by atoms with van der Waals surface area (Å²) in [5.74, 6) is 1.94. The third kappa shape index (κ3) is 6.24. The van der Waals surface area contributed by atoms with Crippen LogP contribution in [0, 0.1) is 5.92 Å². The van der Waals surface area contributed by atoms with Crippen molar-refractivity contribution in [1.29, 1.82) is 0 Å². The molecule has 1 saturated heterocycles. The van der Waals surface area contributed by atoms with Gasteiger partial charge in [0.1, 0.15) is 0 Å². The minimum absolute atomic E-state index is 0.268. The second kappa shape index (κ2) is 9.74. The predicted octanol–water partition coefficient (Wildman–Crippen LogP) is 2.24. The number of guanidine groups is 1. The zero-order chi connectivity index (χ0) is 19.1. The summed E-state index contributed by atoms with van der Waals surface area (Å²) in [5, 5.41) is 3.42. The minimum Gasteiger partial charge on any atom is -0.379 e. The number of nitrogens with zero attached hydrogens (tertiary/aromatic N) is 3. The highest BCUT2D eigenvalue weighted by molar-refractivity contribution is 5.79. The lowest BCUT2D eigenvalue weighted by Gasteiger charge is -2.22. The molecule has 1 aromatic rings. The standard InChI is InChI=1S/C21H32N4O2/c1-22-21(24(2)11-12-27-16-17-8-9-17)23-14-18-5-3-6-19(13-18)15-25-10-4-7-20(25)26/h3,5-6,13,17H,4,7-12,14-16H2,1-2H3,(H,22,23). The Morgan fingerprint density at radius 3 is 2.89 bits per heavy atom. The monoisotopic (exact) mass is 372 g/mol. The molecule has 0 atom stereocenters. The van der Waals surface area contributed by atoms with E-state index in [4.69, 9.17) is 4.74 Å². The van der Waals surface area contributed by atoms with Crippen molar-refractivity contribution in [3.8, 4) is 0 Å². The van der Waals surface area contributed by atoms with Crippen LogP contribution in [0.3, 0.4) is 0 Å². The Morgan fingerprint density at radius 2 is 2.19 bits per heavy atom. The number of likely N-dealkylation sites (N-methyl/N-ethyl adjacent to an activating group) is 1. The summed E-state index contributed by atoms with van der Waals surface area (Å²) >= 11 is 0. The molecule has 1 aliphatic heterocycles. The number of carbonyl (C=O) groups excluding carboxylic acids is 1. The first-order valence-electron chi connectivity index (χ1n) is 10.0. The normalized spacial score (nSPS) is 17.5. The van der Waals surface area contributed by atoms with Gasteiger partial charge in [-0.3, -0.25) is 9.79 Å². The van der Waals surface area contributed by atoms with Crippen molar-refractivity contribution < 1.29 is 9.53 Å². The van der Waals surface area contributed by atoms with E-state index in [1.54, 1.807) is 7.05 Å². The highest BCUT2D eigenvalue weighted by atomic mass is 16.5. The van der Waals surface area contributed by atoms with E-state index in [1.807, 2.05) is 11.9 Å². The third-order valence-electron chi connectivity index (χ3n) is 5.18. The van der Waals surface area contributed by atoms with Gasteiger partial charge in [0, 0.05) is 53.3 Å². The molecule has 1 heterocycles. The molecule has 1 aliphatic carbocycles. The summed E-state index contributed by atoms with van der Waals surface area (Å²) in [4.78, 5) is 20.2. The molecular formula is C21H32N4O2. The number of hydrogen-bond acceptors (Lipinski definition) is 3. The van der Waals surface area contributed by atoms with Gasteiger partial charge in [-0.25, -0.2) is 0 Å². The quantitative estimate of drug-likeness (QED) is 0.410. The van der Waals surface area contributed by atoms with E-state index in [2.05, 4.69) is 39.5 Å². The molecule has 2 aliphatic rings. The lowest BCUT2D eigenvalue weighted by atomic mass is 10.1. The molecule has 6 nitrogen and oxygen atoms in total. The summed E-state index contributed by atoms with van der Waals surface area (Å²) in [6.45, 7) is 4.74. The van der Waals surface area contributed by atoms with Crippen molar-refractivity contribution in [1.82, 2.24) is 15.1 Å². The number of benzene rings is 1. The van der Waals surface area contributed by atoms with Crippen molar-refractivity contribution in [3.05, 3.63) is 35.4 Å². The highest BCUT2D eigenvalue weighted by Gasteiger charge is 2.21. The molecule has 2 fully saturated rings. The van der Waals surface area contributed by atoms with E-state index >= 15 is 0 Å². The maximum Gasteiger partial charge on any atom is 0.222 e. The van der Waals surface area contributed by atoms with Crippen LogP contribution in [0.2, 0.25) is 0 Å². The number of nitrogens with one attached hydrogen (secondary N) is 1. The molecule has 0 radical (unpaired) electrons. The topological polar surface area (TPSA) is 57.2 Å². The molecule has 6 heteroatoms. The molecule has 0 unspecified atom stereocenters. The Labute approximate surface area is 162 Å². The first-order valence-corrected chi connectivity index (χ1v) is 10.0. The SMILES string of the molecule is CN=C(NCc1cccc(CN2CCCC2=O)c1)N(C)CCOCC1CC1. The molecular weight excluding hydrogens is 340 g/mol. The smallest absolute Gasteiger partial charge is 0.222 e. The van der Waals surface area contributed by atoms with Crippen molar-refractivity contribution in [2.45, 2.75) is 38.8 Å². The summed E-state index contributed by atoms with van der Waals surface area (Å²) in [6, 6.07) is 8.43. The van der Waals surface area contributed by atoms with Crippen LogP contribution in [-0.4, -0.2) is 62.1 Å². The fraction of sp³-hybridized carbons (Fsp3) is 0.619. The Bertz CT molecular complexity index is 657. The molecule has 1 saturated carbocycles. The number of ether oxygens (including phenoxy) is 1. The van der Waals surface area contributed by atoms with Gasteiger partial charge in [0.15, 0.2) is 5.96 Å². The Hall–Kier alpha value is -2.08.